The lowest BCUT2D eigenvalue weighted by Crippen LogP contribution is -2.30. The van der Waals surface area contributed by atoms with Gasteiger partial charge in [-0.1, -0.05) is 12.8 Å². The largest absolute Gasteiger partial charge is 0.495 e. The first-order chi connectivity index (χ1) is 9.02. The number of carbonyl (C=O) groups is 1. The molecule has 19 heavy (non-hydrogen) atoms. The summed E-state index contributed by atoms with van der Waals surface area (Å²) in [5.74, 6) is 0.506. The van der Waals surface area contributed by atoms with Crippen molar-refractivity contribution in [1.29, 1.82) is 0 Å². The van der Waals surface area contributed by atoms with Gasteiger partial charge in [0.1, 0.15) is 5.75 Å². The van der Waals surface area contributed by atoms with Crippen molar-refractivity contribution in [2.75, 3.05) is 12.4 Å². The van der Waals surface area contributed by atoms with Gasteiger partial charge in [-0.3, -0.25) is 4.79 Å². The van der Waals surface area contributed by atoms with E-state index in [1.807, 2.05) is 6.07 Å². The van der Waals surface area contributed by atoms with E-state index < -0.39 is 5.60 Å². The van der Waals surface area contributed by atoms with Crippen LogP contribution in [0.4, 0.5) is 5.69 Å². The highest BCUT2D eigenvalue weighted by Crippen LogP contribution is 2.33. The zero-order chi connectivity index (χ0) is 13.9. The van der Waals surface area contributed by atoms with Gasteiger partial charge < -0.3 is 15.2 Å². The van der Waals surface area contributed by atoms with Crippen LogP contribution in [0.2, 0.25) is 0 Å². The molecule has 0 radical (unpaired) electrons. The number of aliphatic hydroxyl groups is 1. The second-order valence-corrected chi connectivity index (χ2v) is 5.86. The van der Waals surface area contributed by atoms with Crippen LogP contribution in [0.3, 0.4) is 0 Å². The molecule has 104 valence electrons. The van der Waals surface area contributed by atoms with Crippen molar-refractivity contribution >= 4 is 27.5 Å². The Bertz CT molecular complexity index is 470. The third-order valence-corrected chi connectivity index (χ3v) is 4.11. The molecule has 0 aliphatic heterocycles. The molecule has 0 saturated heterocycles. The van der Waals surface area contributed by atoms with Crippen molar-refractivity contribution in [3.63, 3.8) is 0 Å². The van der Waals surface area contributed by atoms with E-state index in [-0.39, 0.29) is 12.3 Å². The Kier molecular flexibility index (Phi) is 4.47. The Morgan fingerprint density at radius 3 is 2.79 bits per heavy atom. The first-order valence-corrected chi connectivity index (χ1v) is 7.17. The lowest BCUT2D eigenvalue weighted by atomic mass is 9.97. The number of rotatable bonds is 4. The first kappa shape index (κ1) is 14.3. The number of hydrogen-bond acceptors (Lipinski definition) is 3. The molecule has 2 N–H and O–H groups in total. The van der Waals surface area contributed by atoms with Crippen LogP contribution in [0.1, 0.15) is 32.1 Å². The van der Waals surface area contributed by atoms with Gasteiger partial charge in [0.2, 0.25) is 5.91 Å². The van der Waals surface area contributed by atoms with E-state index in [1.54, 1.807) is 19.2 Å². The topological polar surface area (TPSA) is 58.6 Å². The molecular weight excluding hydrogens is 310 g/mol. The molecule has 0 bridgehead atoms. The summed E-state index contributed by atoms with van der Waals surface area (Å²) in [6.45, 7) is 0. The van der Waals surface area contributed by atoms with Crippen LogP contribution in [0.25, 0.3) is 0 Å². The molecule has 2 rings (SSSR count). The average Bonchev–Trinajstić information content (AvgIpc) is 2.78. The number of amides is 1. The highest BCUT2D eigenvalue weighted by molar-refractivity contribution is 9.10. The fourth-order valence-corrected chi connectivity index (χ4v) is 2.86. The maximum Gasteiger partial charge on any atom is 0.227 e. The van der Waals surface area contributed by atoms with E-state index in [0.717, 1.165) is 17.3 Å². The second kappa shape index (κ2) is 5.92. The molecule has 1 fully saturated rings. The molecule has 0 unspecified atom stereocenters. The van der Waals surface area contributed by atoms with Crippen LogP contribution in [-0.2, 0) is 4.79 Å². The zero-order valence-corrected chi connectivity index (χ0v) is 12.5. The predicted molar refractivity (Wildman–Crippen MR) is 77.4 cm³/mol. The molecule has 1 aromatic carbocycles. The SMILES string of the molecule is COc1cc(NC(=O)CC2(O)CCCC2)ccc1Br. The number of nitrogens with one attached hydrogen (secondary N) is 1. The number of benzene rings is 1. The van der Waals surface area contributed by atoms with Gasteiger partial charge in [-0.15, -0.1) is 0 Å². The van der Waals surface area contributed by atoms with Crippen molar-refractivity contribution in [1.82, 2.24) is 0 Å². The molecule has 1 aromatic rings. The number of ether oxygens (including phenoxy) is 1. The fraction of sp³-hybridized carbons (Fsp3) is 0.500. The summed E-state index contributed by atoms with van der Waals surface area (Å²) in [6, 6.07) is 5.36. The van der Waals surface area contributed by atoms with Crippen molar-refractivity contribution in [2.45, 2.75) is 37.7 Å². The van der Waals surface area contributed by atoms with Crippen LogP contribution in [0.15, 0.2) is 22.7 Å². The summed E-state index contributed by atoms with van der Waals surface area (Å²) in [7, 11) is 1.58. The lowest BCUT2D eigenvalue weighted by molar-refractivity contribution is -0.120. The molecule has 5 heteroatoms. The zero-order valence-electron chi connectivity index (χ0n) is 10.9. The van der Waals surface area contributed by atoms with E-state index in [9.17, 15) is 9.90 Å². The Morgan fingerprint density at radius 2 is 2.16 bits per heavy atom. The van der Waals surface area contributed by atoms with Gasteiger partial charge in [0.25, 0.3) is 0 Å². The molecule has 0 spiro atoms. The number of anilines is 1. The molecule has 0 atom stereocenters. The van der Waals surface area contributed by atoms with Crippen molar-refractivity contribution in [3.8, 4) is 5.75 Å². The van der Waals surface area contributed by atoms with E-state index in [0.29, 0.717) is 24.3 Å². The summed E-state index contributed by atoms with van der Waals surface area (Å²) in [5, 5.41) is 13.0. The van der Waals surface area contributed by atoms with Crippen molar-refractivity contribution < 1.29 is 14.6 Å². The highest BCUT2D eigenvalue weighted by atomic mass is 79.9. The Hall–Kier alpha value is -1.07. The molecule has 0 aromatic heterocycles. The van der Waals surface area contributed by atoms with Gasteiger partial charge in [-0.2, -0.15) is 0 Å². The van der Waals surface area contributed by atoms with E-state index in [2.05, 4.69) is 21.2 Å². The summed E-state index contributed by atoms with van der Waals surface area (Å²) in [5.41, 5.74) is -0.143. The van der Waals surface area contributed by atoms with Crippen LogP contribution in [0.5, 0.6) is 5.75 Å². The predicted octanol–water partition coefficient (Wildman–Crippen LogP) is 3.09. The average molecular weight is 328 g/mol. The number of halogens is 1. The maximum absolute atomic E-state index is 11.9. The first-order valence-electron chi connectivity index (χ1n) is 6.38. The summed E-state index contributed by atoms with van der Waals surface area (Å²) < 4.78 is 6.01. The van der Waals surface area contributed by atoms with Gasteiger partial charge in [0.15, 0.2) is 0 Å². The molecule has 0 heterocycles. The van der Waals surface area contributed by atoms with Crippen LogP contribution >= 0.6 is 15.9 Å². The second-order valence-electron chi connectivity index (χ2n) is 5.01. The monoisotopic (exact) mass is 327 g/mol. The van der Waals surface area contributed by atoms with Gasteiger partial charge in [0, 0.05) is 11.8 Å². The Labute approximate surface area is 121 Å². The number of hydrogen-bond donors (Lipinski definition) is 2. The van der Waals surface area contributed by atoms with Crippen LogP contribution in [-0.4, -0.2) is 23.7 Å². The normalized spacial score (nSPS) is 17.2. The Morgan fingerprint density at radius 1 is 1.47 bits per heavy atom. The van der Waals surface area contributed by atoms with Gasteiger partial charge in [-0.25, -0.2) is 0 Å². The van der Waals surface area contributed by atoms with Gasteiger partial charge >= 0.3 is 0 Å². The summed E-state index contributed by atoms with van der Waals surface area (Å²) >= 11 is 3.36. The minimum atomic E-state index is -0.816. The fourth-order valence-electron chi connectivity index (χ4n) is 2.45. The molecule has 4 nitrogen and oxygen atoms in total. The van der Waals surface area contributed by atoms with Crippen molar-refractivity contribution in [3.05, 3.63) is 22.7 Å². The highest BCUT2D eigenvalue weighted by Gasteiger charge is 2.33. The van der Waals surface area contributed by atoms with E-state index in [1.165, 1.54) is 0 Å². The third kappa shape index (κ3) is 3.70. The minimum Gasteiger partial charge on any atom is -0.495 e. The summed E-state index contributed by atoms with van der Waals surface area (Å²) in [6.07, 6.45) is 3.57. The lowest BCUT2D eigenvalue weighted by Gasteiger charge is -2.21. The molecule has 1 aliphatic carbocycles. The number of carbonyl (C=O) groups excluding carboxylic acids is 1. The maximum atomic E-state index is 11.9. The molecule has 1 aliphatic rings. The minimum absolute atomic E-state index is 0.158. The smallest absolute Gasteiger partial charge is 0.227 e. The third-order valence-electron chi connectivity index (χ3n) is 3.46. The summed E-state index contributed by atoms with van der Waals surface area (Å²) in [4.78, 5) is 11.9. The molecule has 1 amide bonds. The molecule has 1 saturated carbocycles. The number of methoxy groups -OCH3 is 1. The van der Waals surface area contributed by atoms with Crippen molar-refractivity contribution in [2.24, 2.45) is 0 Å². The Balaban J connectivity index is 1.98. The van der Waals surface area contributed by atoms with E-state index >= 15 is 0 Å². The van der Waals surface area contributed by atoms with Gasteiger partial charge in [-0.05, 0) is 40.9 Å². The van der Waals surface area contributed by atoms with Crippen LogP contribution in [0, 0.1) is 0 Å². The molecular formula is C14H18BrNO3. The van der Waals surface area contributed by atoms with E-state index in [4.69, 9.17) is 4.74 Å². The van der Waals surface area contributed by atoms with Gasteiger partial charge in [0.05, 0.1) is 23.6 Å². The quantitative estimate of drug-likeness (QED) is 0.893. The standard InChI is InChI=1S/C14H18BrNO3/c1-19-12-8-10(4-5-11(12)15)16-13(17)9-14(18)6-2-3-7-14/h4-5,8,18H,2-3,6-7,9H2,1H3,(H,16,17). The van der Waals surface area contributed by atoms with Crippen LogP contribution < -0.4 is 10.1 Å².